The molecule has 0 spiro atoms. The van der Waals surface area contributed by atoms with Crippen LogP contribution in [-0.2, 0) is 6.54 Å². The van der Waals surface area contributed by atoms with Crippen LogP contribution in [-0.4, -0.2) is 6.04 Å². The van der Waals surface area contributed by atoms with Crippen molar-refractivity contribution in [1.82, 2.24) is 5.32 Å². The molecule has 0 bridgehead atoms. The number of nitrogens with zero attached hydrogens (tertiary/aromatic N) is 1. The predicted octanol–water partition coefficient (Wildman–Crippen LogP) is 4.03. The van der Waals surface area contributed by atoms with E-state index in [1.54, 1.807) is 0 Å². The summed E-state index contributed by atoms with van der Waals surface area (Å²) in [6, 6.07) is 12.6. The SMILES string of the molecule is CCCCCCCC(C#N)NCc1ccccc1. The van der Waals surface area contributed by atoms with E-state index in [2.05, 4.69) is 30.4 Å². The van der Waals surface area contributed by atoms with Crippen molar-refractivity contribution in [2.24, 2.45) is 0 Å². The highest BCUT2D eigenvalue weighted by Crippen LogP contribution is 2.07. The summed E-state index contributed by atoms with van der Waals surface area (Å²) in [5.74, 6) is 0. The highest BCUT2D eigenvalue weighted by atomic mass is 14.9. The van der Waals surface area contributed by atoms with Gasteiger partial charge in [0, 0.05) is 6.54 Å². The summed E-state index contributed by atoms with van der Waals surface area (Å²) >= 11 is 0. The van der Waals surface area contributed by atoms with Gasteiger partial charge in [0.2, 0.25) is 0 Å². The first kappa shape index (κ1) is 14.7. The maximum absolute atomic E-state index is 9.09. The van der Waals surface area contributed by atoms with Crippen LogP contribution >= 0.6 is 0 Å². The van der Waals surface area contributed by atoms with Gasteiger partial charge in [0.25, 0.3) is 0 Å². The standard InChI is InChI=1S/C16H24N2/c1-2-3-4-5-9-12-16(13-17)18-14-15-10-7-6-8-11-15/h6-8,10-11,16,18H,2-5,9,12,14H2,1H3. The van der Waals surface area contributed by atoms with Crippen molar-refractivity contribution >= 4 is 0 Å². The van der Waals surface area contributed by atoms with Crippen LogP contribution in [0.5, 0.6) is 0 Å². The lowest BCUT2D eigenvalue weighted by atomic mass is 10.1. The van der Waals surface area contributed by atoms with E-state index in [4.69, 9.17) is 5.26 Å². The van der Waals surface area contributed by atoms with E-state index in [0.717, 1.165) is 19.4 Å². The Kier molecular flexibility index (Phi) is 7.92. The Morgan fingerprint density at radius 2 is 1.83 bits per heavy atom. The summed E-state index contributed by atoms with van der Waals surface area (Å²) in [6.07, 6.45) is 7.25. The first-order valence-corrected chi connectivity index (χ1v) is 7.03. The van der Waals surface area contributed by atoms with E-state index in [1.165, 1.54) is 31.2 Å². The Balaban J connectivity index is 2.16. The molecule has 0 saturated carbocycles. The number of unbranched alkanes of at least 4 members (excludes halogenated alkanes) is 4. The van der Waals surface area contributed by atoms with Gasteiger partial charge in [0.05, 0.1) is 12.1 Å². The van der Waals surface area contributed by atoms with Gasteiger partial charge in [-0.15, -0.1) is 0 Å². The molecule has 0 saturated heterocycles. The molecule has 1 rings (SSSR count). The Morgan fingerprint density at radius 1 is 1.11 bits per heavy atom. The molecule has 0 heterocycles. The van der Waals surface area contributed by atoms with Gasteiger partial charge in [-0.3, -0.25) is 5.32 Å². The third-order valence-electron chi connectivity index (χ3n) is 3.15. The van der Waals surface area contributed by atoms with E-state index in [1.807, 2.05) is 18.2 Å². The zero-order valence-electron chi connectivity index (χ0n) is 11.4. The van der Waals surface area contributed by atoms with E-state index >= 15 is 0 Å². The minimum Gasteiger partial charge on any atom is -0.298 e. The van der Waals surface area contributed by atoms with Crippen LogP contribution in [0.25, 0.3) is 0 Å². The van der Waals surface area contributed by atoms with Crippen LogP contribution in [0.15, 0.2) is 30.3 Å². The van der Waals surface area contributed by atoms with Gasteiger partial charge in [-0.1, -0.05) is 69.4 Å². The molecule has 0 aliphatic heterocycles. The molecule has 2 heteroatoms. The summed E-state index contributed by atoms with van der Waals surface area (Å²) in [5.41, 5.74) is 1.24. The minimum atomic E-state index is -0.00756. The van der Waals surface area contributed by atoms with Gasteiger partial charge in [0.1, 0.15) is 0 Å². The maximum Gasteiger partial charge on any atom is 0.0955 e. The zero-order chi connectivity index (χ0) is 13.1. The molecule has 1 aromatic carbocycles. The molecule has 1 aromatic rings. The first-order valence-electron chi connectivity index (χ1n) is 7.03. The average molecular weight is 244 g/mol. The molecule has 0 fully saturated rings. The van der Waals surface area contributed by atoms with Crippen molar-refractivity contribution in [2.75, 3.05) is 0 Å². The molecule has 98 valence electrons. The third kappa shape index (κ3) is 6.42. The molecule has 18 heavy (non-hydrogen) atoms. The van der Waals surface area contributed by atoms with E-state index in [9.17, 15) is 0 Å². The lowest BCUT2D eigenvalue weighted by molar-refractivity contribution is 0.518. The quantitative estimate of drug-likeness (QED) is 0.666. The van der Waals surface area contributed by atoms with Crippen molar-refractivity contribution in [3.63, 3.8) is 0 Å². The summed E-state index contributed by atoms with van der Waals surface area (Å²) in [5, 5.41) is 12.4. The maximum atomic E-state index is 9.09. The van der Waals surface area contributed by atoms with Crippen molar-refractivity contribution < 1.29 is 0 Å². The Bertz CT molecular complexity index is 340. The molecule has 1 atom stereocenters. The normalized spacial score (nSPS) is 12.0. The molecule has 2 nitrogen and oxygen atoms in total. The number of hydrogen-bond acceptors (Lipinski definition) is 2. The molecule has 0 amide bonds. The van der Waals surface area contributed by atoms with Crippen molar-refractivity contribution in [1.29, 1.82) is 5.26 Å². The largest absolute Gasteiger partial charge is 0.298 e. The van der Waals surface area contributed by atoms with Crippen LogP contribution in [0.4, 0.5) is 0 Å². The Hall–Kier alpha value is -1.33. The number of benzene rings is 1. The molecule has 0 aliphatic carbocycles. The minimum absolute atomic E-state index is 0.00756. The second-order valence-corrected chi connectivity index (χ2v) is 4.75. The van der Waals surface area contributed by atoms with E-state index < -0.39 is 0 Å². The fraction of sp³-hybridized carbons (Fsp3) is 0.562. The van der Waals surface area contributed by atoms with Crippen LogP contribution in [0.1, 0.15) is 51.0 Å². The topological polar surface area (TPSA) is 35.8 Å². The molecular weight excluding hydrogens is 220 g/mol. The Morgan fingerprint density at radius 3 is 2.50 bits per heavy atom. The van der Waals surface area contributed by atoms with Crippen LogP contribution in [0.2, 0.25) is 0 Å². The monoisotopic (exact) mass is 244 g/mol. The molecule has 0 radical (unpaired) electrons. The third-order valence-corrected chi connectivity index (χ3v) is 3.15. The van der Waals surface area contributed by atoms with Crippen molar-refractivity contribution in [3.05, 3.63) is 35.9 Å². The lowest BCUT2D eigenvalue weighted by Crippen LogP contribution is -2.26. The smallest absolute Gasteiger partial charge is 0.0955 e. The number of nitrogens with one attached hydrogen (secondary N) is 1. The van der Waals surface area contributed by atoms with Gasteiger partial charge >= 0.3 is 0 Å². The fourth-order valence-electron chi connectivity index (χ4n) is 2.00. The lowest BCUT2D eigenvalue weighted by Gasteiger charge is -2.11. The summed E-state index contributed by atoms with van der Waals surface area (Å²) in [6.45, 7) is 3.01. The number of nitriles is 1. The number of hydrogen-bond donors (Lipinski definition) is 1. The molecule has 1 unspecified atom stereocenters. The van der Waals surface area contributed by atoms with Gasteiger partial charge < -0.3 is 0 Å². The van der Waals surface area contributed by atoms with Crippen LogP contribution < -0.4 is 5.32 Å². The zero-order valence-corrected chi connectivity index (χ0v) is 11.4. The average Bonchev–Trinajstić information content (AvgIpc) is 2.43. The summed E-state index contributed by atoms with van der Waals surface area (Å²) in [4.78, 5) is 0. The molecule has 0 aromatic heterocycles. The van der Waals surface area contributed by atoms with Crippen LogP contribution in [0, 0.1) is 11.3 Å². The molecular formula is C16H24N2. The highest BCUT2D eigenvalue weighted by molar-refractivity contribution is 5.14. The fourth-order valence-corrected chi connectivity index (χ4v) is 2.00. The van der Waals surface area contributed by atoms with Crippen molar-refractivity contribution in [2.45, 2.75) is 58.0 Å². The molecule has 0 aliphatic rings. The van der Waals surface area contributed by atoms with E-state index in [-0.39, 0.29) is 6.04 Å². The van der Waals surface area contributed by atoms with Gasteiger partial charge in [-0.2, -0.15) is 5.26 Å². The van der Waals surface area contributed by atoms with Crippen LogP contribution in [0.3, 0.4) is 0 Å². The first-order chi connectivity index (χ1) is 8.86. The second-order valence-electron chi connectivity index (χ2n) is 4.75. The Labute approximate surface area is 111 Å². The number of rotatable bonds is 9. The summed E-state index contributed by atoms with van der Waals surface area (Å²) in [7, 11) is 0. The molecule has 1 N–H and O–H groups in total. The van der Waals surface area contributed by atoms with Gasteiger partial charge in [-0.05, 0) is 12.0 Å². The summed E-state index contributed by atoms with van der Waals surface area (Å²) < 4.78 is 0. The highest BCUT2D eigenvalue weighted by Gasteiger charge is 2.05. The second kappa shape index (κ2) is 9.67. The van der Waals surface area contributed by atoms with Gasteiger partial charge in [0.15, 0.2) is 0 Å². The predicted molar refractivity (Wildman–Crippen MR) is 76.1 cm³/mol. The van der Waals surface area contributed by atoms with Gasteiger partial charge in [-0.25, -0.2) is 0 Å². The van der Waals surface area contributed by atoms with Crippen molar-refractivity contribution in [3.8, 4) is 6.07 Å². The van der Waals surface area contributed by atoms with E-state index in [0.29, 0.717) is 0 Å².